The van der Waals surface area contributed by atoms with Gasteiger partial charge in [-0.25, -0.2) is 19.6 Å². The van der Waals surface area contributed by atoms with Gasteiger partial charge in [0.1, 0.15) is 23.0 Å². The van der Waals surface area contributed by atoms with Crippen molar-refractivity contribution in [2.24, 2.45) is 0 Å². The van der Waals surface area contributed by atoms with Gasteiger partial charge < -0.3 is 34.8 Å². The third-order valence-electron chi connectivity index (χ3n) is 6.26. The van der Waals surface area contributed by atoms with Crippen LogP contribution in [-0.4, -0.2) is 46.2 Å². The van der Waals surface area contributed by atoms with Gasteiger partial charge in [-0.15, -0.1) is 0 Å². The van der Waals surface area contributed by atoms with E-state index in [1.54, 1.807) is 99.1 Å². The molecule has 216 valence electrons. The minimum atomic E-state index is -0.456. The van der Waals surface area contributed by atoms with E-state index in [0.29, 0.717) is 45.4 Å². The molecule has 0 unspecified atom stereocenters. The van der Waals surface area contributed by atoms with E-state index in [-0.39, 0.29) is 11.9 Å². The van der Waals surface area contributed by atoms with Crippen molar-refractivity contribution in [2.45, 2.75) is 0 Å². The second-order valence-corrected chi connectivity index (χ2v) is 9.25. The predicted octanol–water partition coefficient (Wildman–Crippen LogP) is 6.54. The molecule has 0 saturated heterocycles. The molecule has 43 heavy (non-hydrogen) atoms. The van der Waals surface area contributed by atoms with Crippen LogP contribution in [0.15, 0.2) is 84.9 Å². The number of anilines is 4. The number of imidazole rings is 2. The minimum Gasteiger partial charge on any atom is -0.497 e. The first-order valence-electron chi connectivity index (χ1n) is 13.1. The lowest BCUT2D eigenvalue weighted by Crippen LogP contribution is -2.20. The van der Waals surface area contributed by atoms with E-state index >= 15 is 0 Å². The maximum atomic E-state index is 12.5. The Balaban J connectivity index is 1.09. The number of urea groups is 2. The number of hydrogen-bond donors (Lipinski definition) is 6. The lowest BCUT2D eigenvalue weighted by molar-refractivity contribution is 0.261. The molecule has 0 saturated carbocycles. The molecule has 6 rings (SSSR count). The van der Waals surface area contributed by atoms with E-state index in [2.05, 4.69) is 41.2 Å². The molecule has 0 aliphatic carbocycles. The molecule has 0 aliphatic rings. The summed E-state index contributed by atoms with van der Waals surface area (Å²) in [4.78, 5) is 39.9. The summed E-state index contributed by atoms with van der Waals surface area (Å²) in [6.07, 6.45) is 0. The average Bonchev–Trinajstić information content (AvgIpc) is 3.59. The zero-order valence-corrected chi connectivity index (χ0v) is 23.0. The number of carbonyl (C=O) groups excluding carboxylic acids is 2. The van der Waals surface area contributed by atoms with Crippen molar-refractivity contribution in [3.63, 3.8) is 0 Å². The highest BCUT2D eigenvalue weighted by atomic mass is 16.5. The van der Waals surface area contributed by atoms with E-state index < -0.39 is 12.1 Å². The Morgan fingerprint density at radius 1 is 0.581 bits per heavy atom. The van der Waals surface area contributed by atoms with Gasteiger partial charge in [-0.1, -0.05) is 12.1 Å². The topological polar surface area (TPSA) is 167 Å². The third-order valence-corrected chi connectivity index (χ3v) is 6.26. The van der Waals surface area contributed by atoms with Crippen LogP contribution in [0.3, 0.4) is 0 Å². The highest BCUT2D eigenvalue weighted by Gasteiger charge is 2.11. The SMILES string of the molecule is COc1cccc(NC(=O)Nc2nc3cc(Oc4ccc5[nH]c(NC(=O)Nc6cccc(OC)c6)nc5c4)ccc3[nH]2)c1. The maximum Gasteiger partial charge on any atom is 0.326 e. The van der Waals surface area contributed by atoms with Crippen LogP contribution in [0, 0.1) is 0 Å². The summed E-state index contributed by atoms with van der Waals surface area (Å²) in [5.41, 5.74) is 3.80. The predicted molar refractivity (Wildman–Crippen MR) is 164 cm³/mol. The Labute approximate surface area is 244 Å². The summed E-state index contributed by atoms with van der Waals surface area (Å²) in [6.45, 7) is 0. The molecule has 2 aromatic heterocycles. The molecular formula is C30H26N8O5. The van der Waals surface area contributed by atoms with Gasteiger partial charge in [0, 0.05) is 35.6 Å². The molecule has 6 N–H and O–H groups in total. The monoisotopic (exact) mass is 578 g/mol. The summed E-state index contributed by atoms with van der Waals surface area (Å²) in [7, 11) is 3.12. The number of ether oxygens (including phenoxy) is 3. The number of aromatic amines is 2. The first-order chi connectivity index (χ1) is 20.9. The van der Waals surface area contributed by atoms with Crippen molar-refractivity contribution in [3.05, 3.63) is 84.9 Å². The van der Waals surface area contributed by atoms with Gasteiger partial charge in [0.15, 0.2) is 0 Å². The van der Waals surface area contributed by atoms with Gasteiger partial charge >= 0.3 is 12.1 Å². The zero-order chi connectivity index (χ0) is 29.8. The molecule has 2 heterocycles. The minimum absolute atomic E-state index is 0.279. The highest BCUT2D eigenvalue weighted by molar-refractivity contribution is 6.00. The number of methoxy groups -OCH3 is 2. The van der Waals surface area contributed by atoms with Crippen molar-refractivity contribution in [2.75, 3.05) is 35.5 Å². The largest absolute Gasteiger partial charge is 0.497 e. The van der Waals surface area contributed by atoms with Crippen molar-refractivity contribution in [1.29, 1.82) is 0 Å². The molecule has 0 atom stereocenters. The van der Waals surface area contributed by atoms with Gasteiger partial charge in [0.2, 0.25) is 11.9 Å². The number of aromatic nitrogens is 4. The van der Waals surface area contributed by atoms with Crippen LogP contribution in [0.4, 0.5) is 32.9 Å². The molecular weight excluding hydrogens is 552 g/mol. The molecule has 0 radical (unpaired) electrons. The second kappa shape index (κ2) is 11.7. The van der Waals surface area contributed by atoms with Crippen LogP contribution >= 0.6 is 0 Å². The summed E-state index contributed by atoms with van der Waals surface area (Å²) < 4.78 is 16.4. The van der Waals surface area contributed by atoms with Crippen molar-refractivity contribution < 1.29 is 23.8 Å². The molecule has 6 aromatic rings. The fraction of sp³-hybridized carbons (Fsp3) is 0.0667. The number of rotatable bonds is 8. The molecule has 0 aliphatic heterocycles. The molecule has 13 heteroatoms. The fourth-order valence-electron chi connectivity index (χ4n) is 4.29. The number of nitrogens with zero attached hydrogens (tertiary/aromatic N) is 2. The Morgan fingerprint density at radius 3 is 1.49 bits per heavy atom. The number of amides is 4. The van der Waals surface area contributed by atoms with Crippen LogP contribution in [0.2, 0.25) is 0 Å². The third kappa shape index (κ3) is 6.41. The van der Waals surface area contributed by atoms with Crippen LogP contribution < -0.4 is 35.5 Å². The molecule has 0 bridgehead atoms. The number of nitrogens with one attached hydrogen (secondary N) is 6. The summed E-state index contributed by atoms with van der Waals surface area (Å²) in [5, 5.41) is 10.9. The molecule has 0 fully saturated rings. The van der Waals surface area contributed by atoms with Gasteiger partial charge in [-0.05, 0) is 48.5 Å². The lowest BCUT2D eigenvalue weighted by atomic mass is 10.3. The fourth-order valence-corrected chi connectivity index (χ4v) is 4.29. The summed E-state index contributed by atoms with van der Waals surface area (Å²) >= 11 is 0. The quantitative estimate of drug-likeness (QED) is 0.119. The van der Waals surface area contributed by atoms with Crippen LogP contribution in [0.1, 0.15) is 0 Å². The van der Waals surface area contributed by atoms with Crippen LogP contribution in [-0.2, 0) is 0 Å². The molecule has 4 aromatic carbocycles. The van der Waals surface area contributed by atoms with E-state index in [9.17, 15) is 9.59 Å². The van der Waals surface area contributed by atoms with Crippen LogP contribution in [0.5, 0.6) is 23.0 Å². The highest BCUT2D eigenvalue weighted by Crippen LogP contribution is 2.28. The lowest BCUT2D eigenvalue weighted by Gasteiger charge is -2.06. The van der Waals surface area contributed by atoms with Gasteiger partial charge in [-0.3, -0.25) is 10.6 Å². The first kappa shape index (κ1) is 27.0. The standard InChI is InChI=1S/C30H26N8O5/c1-41-19-7-3-5-17(13-19)31-29(39)37-27-33-23-11-9-21(15-25(23)35-27)43-22-10-12-24-26(16-22)36-28(34-24)38-30(40)32-18-6-4-8-20(14-18)42-2/h3-16H,1-2H3,(H3,31,33,35,37,39)(H3,32,34,36,38,40). The Morgan fingerprint density at radius 2 is 1.05 bits per heavy atom. The number of carbonyl (C=O) groups is 2. The zero-order valence-electron chi connectivity index (χ0n) is 23.0. The van der Waals surface area contributed by atoms with Gasteiger partial charge in [0.05, 0.1) is 36.3 Å². The number of benzene rings is 4. The molecule has 13 nitrogen and oxygen atoms in total. The second-order valence-electron chi connectivity index (χ2n) is 9.25. The van der Waals surface area contributed by atoms with Crippen molar-refractivity contribution >= 4 is 57.4 Å². The van der Waals surface area contributed by atoms with Gasteiger partial charge in [-0.2, -0.15) is 0 Å². The molecule has 0 spiro atoms. The van der Waals surface area contributed by atoms with E-state index in [0.717, 1.165) is 11.0 Å². The maximum absolute atomic E-state index is 12.5. The molecule has 4 amide bonds. The normalized spacial score (nSPS) is 10.7. The summed E-state index contributed by atoms with van der Waals surface area (Å²) in [5.74, 6) is 2.90. The first-order valence-corrected chi connectivity index (χ1v) is 13.1. The Bertz CT molecular complexity index is 1810. The van der Waals surface area contributed by atoms with E-state index in [1.807, 2.05) is 0 Å². The van der Waals surface area contributed by atoms with Crippen LogP contribution in [0.25, 0.3) is 22.1 Å². The van der Waals surface area contributed by atoms with E-state index in [4.69, 9.17) is 14.2 Å². The summed E-state index contributed by atoms with van der Waals surface area (Å²) in [6, 6.07) is 23.8. The Kier molecular flexibility index (Phi) is 7.34. The number of fused-ring (bicyclic) bond motifs is 2. The smallest absolute Gasteiger partial charge is 0.326 e. The van der Waals surface area contributed by atoms with Crippen molar-refractivity contribution in [1.82, 2.24) is 19.9 Å². The Hall–Kier alpha value is -6.24. The number of hydrogen-bond acceptors (Lipinski definition) is 7. The average molecular weight is 579 g/mol. The van der Waals surface area contributed by atoms with Crippen molar-refractivity contribution in [3.8, 4) is 23.0 Å². The number of H-pyrrole nitrogens is 2. The van der Waals surface area contributed by atoms with E-state index in [1.165, 1.54) is 0 Å². The van der Waals surface area contributed by atoms with Gasteiger partial charge in [0.25, 0.3) is 0 Å².